The van der Waals surface area contributed by atoms with E-state index in [0.29, 0.717) is 5.41 Å². The molecule has 2 N–H and O–H groups in total. The molecule has 148 valence electrons. The summed E-state index contributed by atoms with van der Waals surface area (Å²) in [6.45, 7) is 11.5. The Balaban J connectivity index is 0.00000312. The molecular formula is C19H38IN3O2. The largest absolute Gasteiger partial charge is 0.382 e. The van der Waals surface area contributed by atoms with E-state index < -0.39 is 0 Å². The van der Waals surface area contributed by atoms with Crippen molar-refractivity contribution >= 4 is 29.9 Å². The van der Waals surface area contributed by atoms with Crippen molar-refractivity contribution in [3.05, 3.63) is 0 Å². The number of nitrogens with zero attached hydrogens (tertiary/aromatic N) is 1. The van der Waals surface area contributed by atoms with Gasteiger partial charge in [-0.15, -0.1) is 24.0 Å². The van der Waals surface area contributed by atoms with E-state index in [0.717, 1.165) is 64.7 Å². The maximum Gasteiger partial charge on any atom is 0.191 e. The van der Waals surface area contributed by atoms with Crippen LogP contribution in [0.2, 0.25) is 0 Å². The molecule has 0 radical (unpaired) electrons. The van der Waals surface area contributed by atoms with Crippen LogP contribution in [0.4, 0.5) is 0 Å². The van der Waals surface area contributed by atoms with Gasteiger partial charge in [0.15, 0.2) is 5.96 Å². The van der Waals surface area contributed by atoms with Crippen LogP contribution >= 0.6 is 24.0 Å². The number of rotatable bonds is 9. The van der Waals surface area contributed by atoms with Crippen LogP contribution in [0.5, 0.6) is 0 Å². The van der Waals surface area contributed by atoms with Crippen molar-refractivity contribution in [1.29, 1.82) is 0 Å². The van der Waals surface area contributed by atoms with Crippen molar-refractivity contribution in [3.8, 4) is 0 Å². The van der Waals surface area contributed by atoms with Crippen molar-refractivity contribution in [2.24, 2.45) is 10.4 Å². The molecule has 0 spiro atoms. The first kappa shape index (κ1) is 23.0. The molecule has 5 nitrogen and oxygen atoms in total. The third-order valence-electron chi connectivity index (χ3n) is 5.49. The monoisotopic (exact) mass is 467 g/mol. The fourth-order valence-corrected chi connectivity index (χ4v) is 3.88. The van der Waals surface area contributed by atoms with Gasteiger partial charge in [-0.05, 0) is 58.3 Å². The SMILES string of the molecule is CCNC(=NCC1(CCOCC)CCCC1)NCC1(C)CCCO1.I. The number of hydrogen-bond donors (Lipinski definition) is 2. The second kappa shape index (κ2) is 11.6. The number of hydrogen-bond acceptors (Lipinski definition) is 3. The number of halogens is 1. The van der Waals surface area contributed by atoms with Crippen LogP contribution in [-0.4, -0.2) is 51.0 Å². The summed E-state index contributed by atoms with van der Waals surface area (Å²) in [5, 5.41) is 6.88. The second-order valence-electron chi connectivity index (χ2n) is 7.60. The van der Waals surface area contributed by atoms with Crippen LogP contribution < -0.4 is 10.6 Å². The van der Waals surface area contributed by atoms with Gasteiger partial charge in [0.1, 0.15) is 0 Å². The summed E-state index contributed by atoms with van der Waals surface area (Å²) < 4.78 is 11.5. The van der Waals surface area contributed by atoms with E-state index in [-0.39, 0.29) is 29.6 Å². The molecule has 6 heteroatoms. The molecule has 2 rings (SSSR count). The molecule has 25 heavy (non-hydrogen) atoms. The van der Waals surface area contributed by atoms with E-state index in [9.17, 15) is 0 Å². The summed E-state index contributed by atoms with van der Waals surface area (Å²) in [7, 11) is 0. The van der Waals surface area contributed by atoms with Gasteiger partial charge in [-0.3, -0.25) is 4.99 Å². The van der Waals surface area contributed by atoms with Crippen molar-refractivity contribution < 1.29 is 9.47 Å². The van der Waals surface area contributed by atoms with Crippen LogP contribution in [0.15, 0.2) is 4.99 Å². The lowest BCUT2D eigenvalue weighted by atomic mass is 9.83. The minimum absolute atomic E-state index is 0. The van der Waals surface area contributed by atoms with Crippen molar-refractivity contribution in [1.82, 2.24) is 10.6 Å². The molecule has 1 saturated heterocycles. The second-order valence-corrected chi connectivity index (χ2v) is 7.60. The van der Waals surface area contributed by atoms with Gasteiger partial charge in [0.05, 0.1) is 5.60 Å². The van der Waals surface area contributed by atoms with Gasteiger partial charge in [0.2, 0.25) is 0 Å². The molecule has 1 aliphatic carbocycles. The average molecular weight is 467 g/mol. The average Bonchev–Trinajstić information content (AvgIpc) is 3.21. The molecular weight excluding hydrogens is 429 g/mol. The van der Waals surface area contributed by atoms with Gasteiger partial charge in [0, 0.05) is 39.5 Å². The van der Waals surface area contributed by atoms with Crippen LogP contribution in [0, 0.1) is 5.41 Å². The third kappa shape index (κ3) is 7.59. The highest BCUT2D eigenvalue weighted by Crippen LogP contribution is 2.41. The number of nitrogens with one attached hydrogen (secondary N) is 2. The lowest BCUT2D eigenvalue weighted by molar-refractivity contribution is 0.0242. The number of ether oxygens (including phenoxy) is 2. The highest BCUT2D eigenvalue weighted by atomic mass is 127. The van der Waals surface area contributed by atoms with Gasteiger partial charge in [-0.25, -0.2) is 0 Å². The zero-order valence-corrected chi connectivity index (χ0v) is 18.7. The molecule has 0 amide bonds. The van der Waals surface area contributed by atoms with Crippen molar-refractivity contribution in [3.63, 3.8) is 0 Å². The maximum atomic E-state index is 5.87. The van der Waals surface area contributed by atoms with Crippen LogP contribution in [-0.2, 0) is 9.47 Å². The lowest BCUT2D eigenvalue weighted by Gasteiger charge is -2.28. The first-order valence-corrected chi connectivity index (χ1v) is 9.85. The zero-order valence-electron chi connectivity index (χ0n) is 16.4. The molecule has 1 unspecified atom stereocenters. The Bertz CT molecular complexity index is 392. The Labute approximate surface area is 171 Å². The molecule has 0 aromatic carbocycles. The Morgan fingerprint density at radius 2 is 1.88 bits per heavy atom. The zero-order chi connectivity index (χ0) is 17.3. The van der Waals surface area contributed by atoms with Crippen molar-refractivity contribution in [2.45, 2.75) is 71.3 Å². The van der Waals surface area contributed by atoms with E-state index in [1.807, 2.05) is 0 Å². The topological polar surface area (TPSA) is 54.9 Å². The van der Waals surface area contributed by atoms with Gasteiger partial charge < -0.3 is 20.1 Å². The number of guanidine groups is 1. The summed E-state index contributed by atoms with van der Waals surface area (Å²) in [6, 6.07) is 0. The molecule has 1 aliphatic heterocycles. The first-order valence-electron chi connectivity index (χ1n) is 9.85. The highest BCUT2D eigenvalue weighted by molar-refractivity contribution is 14.0. The van der Waals surface area contributed by atoms with E-state index in [4.69, 9.17) is 14.5 Å². The van der Waals surface area contributed by atoms with Gasteiger partial charge in [-0.2, -0.15) is 0 Å². The van der Waals surface area contributed by atoms with Crippen LogP contribution in [0.3, 0.4) is 0 Å². The van der Waals surface area contributed by atoms with E-state index >= 15 is 0 Å². The summed E-state index contributed by atoms with van der Waals surface area (Å²) in [5.41, 5.74) is 0.293. The maximum absolute atomic E-state index is 5.87. The van der Waals surface area contributed by atoms with E-state index in [1.165, 1.54) is 25.7 Å². The van der Waals surface area contributed by atoms with E-state index in [2.05, 4.69) is 31.4 Å². The summed E-state index contributed by atoms with van der Waals surface area (Å²) >= 11 is 0. The van der Waals surface area contributed by atoms with Gasteiger partial charge in [0.25, 0.3) is 0 Å². The molecule has 0 aromatic heterocycles. The predicted octanol–water partition coefficient (Wildman–Crippen LogP) is 3.72. The fourth-order valence-electron chi connectivity index (χ4n) is 3.88. The Hall–Kier alpha value is -0.0800. The Morgan fingerprint density at radius 1 is 1.12 bits per heavy atom. The smallest absolute Gasteiger partial charge is 0.191 e. The lowest BCUT2D eigenvalue weighted by Crippen LogP contribution is -2.46. The summed E-state index contributed by atoms with van der Waals surface area (Å²) in [4.78, 5) is 4.92. The van der Waals surface area contributed by atoms with Gasteiger partial charge >= 0.3 is 0 Å². The molecule has 0 aromatic rings. The fraction of sp³-hybridized carbons (Fsp3) is 0.947. The molecule has 1 atom stereocenters. The quantitative estimate of drug-likeness (QED) is 0.235. The molecule has 1 saturated carbocycles. The van der Waals surface area contributed by atoms with Crippen LogP contribution in [0.25, 0.3) is 0 Å². The molecule has 0 bridgehead atoms. The Kier molecular flexibility index (Phi) is 10.6. The minimum Gasteiger partial charge on any atom is -0.382 e. The van der Waals surface area contributed by atoms with Crippen molar-refractivity contribution in [2.75, 3.05) is 39.5 Å². The molecule has 2 aliphatic rings. The summed E-state index contributed by atoms with van der Waals surface area (Å²) in [6.07, 6.45) is 8.64. The number of aliphatic imine (C=N–C) groups is 1. The molecule has 2 fully saturated rings. The minimum atomic E-state index is -0.0454. The van der Waals surface area contributed by atoms with E-state index in [1.54, 1.807) is 0 Å². The molecule has 1 heterocycles. The highest BCUT2D eigenvalue weighted by Gasteiger charge is 2.34. The normalized spacial score (nSPS) is 25.6. The van der Waals surface area contributed by atoms with Crippen LogP contribution in [0.1, 0.15) is 65.7 Å². The standard InChI is InChI=1S/C19H37N3O2.HI/c1-4-20-17(21-15-18(3)9-8-13-24-18)22-16-19(10-6-7-11-19)12-14-23-5-2;/h4-16H2,1-3H3,(H2,20,21,22);1H. The predicted molar refractivity (Wildman–Crippen MR) is 115 cm³/mol. The summed E-state index contributed by atoms with van der Waals surface area (Å²) in [5.74, 6) is 0.928. The van der Waals surface area contributed by atoms with Gasteiger partial charge in [-0.1, -0.05) is 12.8 Å². The third-order valence-corrected chi connectivity index (χ3v) is 5.49. The first-order chi connectivity index (χ1) is 11.6. The Morgan fingerprint density at radius 3 is 2.48 bits per heavy atom.